The van der Waals surface area contributed by atoms with Crippen molar-refractivity contribution in [3.8, 4) is 0 Å². The monoisotopic (exact) mass is 253 g/mol. The van der Waals surface area contributed by atoms with Gasteiger partial charge in [0.1, 0.15) is 5.69 Å². The minimum atomic E-state index is -0.718. The van der Waals surface area contributed by atoms with Gasteiger partial charge in [-0.05, 0) is 26.3 Å². The lowest BCUT2D eigenvalue weighted by atomic mass is 10.1. The normalized spacial score (nSPS) is 11.3. The fourth-order valence-electron chi connectivity index (χ4n) is 1.35. The molecule has 0 fully saturated rings. The summed E-state index contributed by atoms with van der Waals surface area (Å²) in [5, 5.41) is 15.7. The summed E-state index contributed by atoms with van der Waals surface area (Å²) in [6, 6.07) is 2.71. The summed E-state index contributed by atoms with van der Waals surface area (Å²) in [5.41, 5.74) is -0.774. The summed E-state index contributed by atoms with van der Waals surface area (Å²) >= 11 is 0. The van der Waals surface area contributed by atoms with Crippen LogP contribution in [0.3, 0.4) is 0 Å². The van der Waals surface area contributed by atoms with E-state index in [0.29, 0.717) is 6.54 Å². The van der Waals surface area contributed by atoms with Crippen LogP contribution in [-0.2, 0) is 6.54 Å². The van der Waals surface area contributed by atoms with Crippen LogP contribution in [0.15, 0.2) is 16.9 Å². The number of amides is 1. The zero-order chi connectivity index (χ0) is 13.8. The Morgan fingerprint density at radius 3 is 2.72 bits per heavy atom. The van der Waals surface area contributed by atoms with Crippen LogP contribution in [0.2, 0.25) is 0 Å². The first-order valence-corrected chi connectivity index (χ1v) is 5.91. The predicted molar refractivity (Wildman–Crippen MR) is 67.4 cm³/mol. The van der Waals surface area contributed by atoms with Crippen molar-refractivity contribution in [3.63, 3.8) is 0 Å². The molecule has 0 atom stereocenters. The topological polar surface area (TPSA) is 84.2 Å². The van der Waals surface area contributed by atoms with Gasteiger partial charge in [-0.2, -0.15) is 5.10 Å². The summed E-state index contributed by atoms with van der Waals surface area (Å²) in [7, 11) is 0. The molecule has 6 heteroatoms. The van der Waals surface area contributed by atoms with Crippen LogP contribution in [0.1, 0.15) is 37.7 Å². The Bertz CT molecular complexity index is 480. The Hall–Kier alpha value is -1.69. The molecule has 0 aromatic carbocycles. The van der Waals surface area contributed by atoms with Crippen molar-refractivity contribution in [2.45, 2.75) is 39.3 Å². The van der Waals surface area contributed by atoms with Crippen molar-refractivity contribution in [2.75, 3.05) is 6.61 Å². The first-order valence-electron chi connectivity index (χ1n) is 5.91. The third-order valence-corrected chi connectivity index (χ3v) is 2.38. The number of aryl methyl sites for hydroxylation is 1. The van der Waals surface area contributed by atoms with Gasteiger partial charge < -0.3 is 10.4 Å². The van der Waals surface area contributed by atoms with Gasteiger partial charge in [-0.3, -0.25) is 9.59 Å². The number of aliphatic hydroxyl groups excluding tert-OH is 1. The van der Waals surface area contributed by atoms with Gasteiger partial charge in [0.15, 0.2) is 0 Å². The van der Waals surface area contributed by atoms with Gasteiger partial charge in [-0.15, -0.1) is 0 Å². The third-order valence-electron chi connectivity index (χ3n) is 2.38. The Balaban J connectivity index is 2.93. The summed E-state index contributed by atoms with van der Waals surface area (Å²) in [6.07, 6.45) is 0.764. The smallest absolute Gasteiger partial charge is 0.272 e. The molecule has 0 saturated heterocycles. The van der Waals surface area contributed by atoms with Gasteiger partial charge in [0.2, 0.25) is 0 Å². The molecule has 0 spiro atoms. The molecule has 0 unspecified atom stereocenters. The van der Waals surface area contributed by atoms with E-state index in [2.05, 4.69) is 10.4 Å². The molecule has 18 heavy (non-hydrogen) atoms. The highest BCUT2D eigenvalue weighted by Gasteiger charge is 2.21. The molecular weight excluding hydrogens is 234 g/mol. The van der Waals surface area contributed by atoms with Crippen LogP contribution >= 0.6 is 0 Å². The van der Waals surface area contributed by atoms with Crippen LogP contribution < -0.4 is 10.9 Å². The van der Waals surface area contributed by atoms with Gasteiger partial charge in [-0.25, -0.2) is 4.68 Å². The van der Waals surface area contributed by atoms with Gasteiger partial charge in [0.25, 0.3) is 11.5 Å². The minimum absolute atomic E-state index is 0.171. The number of hydrogen-bond donors (Lipinski definition) is 2. The molecule has 1 rings (SSSR count). The van der Waals surface area contributed by atoms with Crippen LogP contribution in [0.25, 0.3) is 0 Å². The predicted octanol–water partition coefficient (Wildman–Crippen LogP) is 0.154. The lowest BCUT2D eigenvalue weighted by Gasteiger charge is -2.23. The van der Waals surface area contributed by atoms with Crippen molar-refractivity contribution in [1.29, 1.82) is 0 Å². The number of nitrogens with zero attached hydrogens (tertiary/aromatic N) is 2. The van der Waals surface area contributed by atoms with Crippen LogP contribution in [0, 0.1) is 0 Å². The van der Waals surface area contributed by atoms with E-state index in [-0.39, 0.29) is 17.9 Å². The quantitative estimate of drug-likeness (QED) is 0.782. The Morgan fingerprint density at radius 2 is 2.17 bits per heavy atom. The molecule has 6 nitrogen and oxygen atoms in total. The van der Waals surface area contributed by atoms with Gasteiger partial charge in [-0.1, -0.05) is 6.92 Å². The molecule has 0 aliphatic rings. The number of rotatable bonds is 5. The highest BCUT2D eigenvalue weighted by Crippen LogP contribution is 2.02. The summed E-state index contributed by atoms with van der Waals surface area (Å²) < 4.78 is 1.26. The van der Waals surface area contributed by atoms with E-state index in [9.17, 15) is 9.59 Å². The lowest BCUT2D eigenvalue weighted by molar-refractivity contribution is 0.0861. The highest BCUT2D eigenvalue weighted by molar-refractivity contribution is 5.92. The van der Waals surface area contributed by atoms with E-state index in [1.165, 1.54) is 16.8 Å². The maximum Gasteiger partial charge on any atom is 0.272 e. The fourth-order valence-corrected chi connectivity index (χ4v) is 1.35. The first kappa shape index (κ1) is 14.4. The van der Waals surface area contributed by atoms with E-state index in [1.807, 2.05) is 6.92 Å². The SMILES string of the molecule is CCCn1nc(C(=O)NC(C)(C)CO)ccc1=O. The molecule has 0 bridgehead atoms. The van der Waals surface area contributed by atoms with Crippen molar-refractivity contribution in [3.05, 3.63) is 28.2 Å². The second kappa shape index (κ2) is 5.77. The van der Waals surface area contributed by atoms with Gasteiger partial charge in [0, 0.05) is 12.6 Å². The van der Waals surface area contributed by atoms with E-state index >= 15 is 0 Å². The number of carbonyl (C=O) groups excluding carboxylic acids is 1. The summed E-state index contributed by atoms with van der Waals surface area (Å²) in [4.78, 5) is 23.3. The van der Waals surface area contributed by atoms with Crippen LogP contribution in [0.4, 0.5) is 0 Å². The van der Waals surface area contributed by atoms with Crippen LogP contribution in [-0.4, -0.2) is 32.9 Å². The number of carbonyl (C=O) groups is 1. The maximum absolute atomic E-state index is 11.9. The second-order valence-electron chi connectivity index (χ2n) is 4.78. The van der Waals surface area contributed by atoms with Crippen molar-refractivity contribution >= 4 is 5.91 Å². The molecular formula is C12H19N3O3. The number of aromatic nitrogens is 2. The first-order chi connectivity index (χ1) is 8.39. The van der Waals surface area contributed by atoms with E-state index < -0.39 is 11.4 Å². The number of hydrogen-bond acceptors (Lipinski definition) is 4. The lowest BCUT2D eigenvalue weighted by Crippen LogP contribution is -2.46. The van der Waals surface area contributed by atoms with Crippen molar-refractivity contribution < 1.29 is 9.90 Å². The molecule has 1 aromatic rings. The maximum atomic E-state index is 11.9. The van der Waals surface area contributed by atoms with Crippen LogP contribution in [0.5, 0.6) is 0 Å². The minimum Gasteiger partial charge on any atom is -0.394 e. The van der Waals surface area contributed by atoms with Crippen molar-refractivity contribution in [2.24, 2.45) is 0 Å². The van der Waals surface area contributed by atoms with E-state index in [1.54, 1.807) is 13.8 Å². The summed E-state index contributed by atoms with van der Waals surface area (Å²) in [6.45, 7) is 5.63. The van der Waals surface area contributed by atoms with Gasteiger partial charge >= 0.3 is 0 Å². The highest BCUT2D eigenvalue weighted by atomic mass is 16.3. The average Bonchev–Trinajstić information content (AvgIpc) is 2.31. The molecule has 2 N–H and O–H groups in total. The van der Waals surface area contributed by atoms with Gasteiger partial charge in [0.05, 0.1) is 12.1 Å². The Kier molecular flexibility index (Phi) is 4.61. The molecule has 0 saturated carbocycles. The molecule has 0 aliphatic heterocycles. The molecule has 0 aliphatic carbocycles. The molecule has 1 amide bonds. The largest absolute Gasteiger partial charge is 0.394 e. The van der Waals surface area contributed by atoms with Crippen molar-refractivity contribution in [1.82, 2.24) is 15.1 Å². The zero-order valence-corrected chi connectivity index (χ0v) is 10.9. The van der Waals surface area contributed by atoms with E-state index in [4.69, 9.17) is 5.11 Å². The molecule has 100 valence electrons. The third kappa shape index (κ3) is 3.66. The van der Waals surface area contributed by atoms with E-state index in [0.717, 1.165) is 6.42 Å². The molecule has 0 radical (unpaired) electrons. The fraction of sp³-hybridized carbons (Fsp3) is 0.583. The number of nitrogens with one attached hydrogen (secondary N) is 1. The summed E-state index contributed by atoms with van der Waals surface area (Å²) in [5.74, 6) is -0.404. The standard InChI is InChI=1S/C12H19N3O3/c1-4-7-15-10(17)6-5-9(14-15)11(18)13-12(2,3)8-16/h5-6,16H,4,7-8H2,1-3H3,(H,13,18). The zero-order valence-electron chi connectivity index (χ0n) is 10.9. The molecule has 1 heterocycles. The molecule has 1 aromatic heterocycles. The Labute approximate surface area is 106 Å². The second-order valence-corrected chi connectivity index (χ2v) is 4.78. The average molecular weight is 253 g/mol. The Morgan fingerprint density at radius 1 is 1.50 bits per heavy atom. The number of aliphatic hydroxyl groups is 1.